The van der Waals surface area contributed by atoms with Crippen molar-refractivity contribution < 1.29 is 9.59 Å². The summed E-state index contributed by atoms with van der Waals surface area (Å²) in [4.78, 5) is 23.2. The van der Waals surface area contributed by atoms with Gasteiger partial charge in [0.15, 0.2) is 0 Å². The molecule has 1 atom stereocenters. The molecule has 5 heteroatoms. The fourth-order valence-electron chi connectivity index (χ4n) is 1.84. The van der Waals surface area contributed by atoms with E-state index in [1.807, 2.05) is 45.0 Å². The van der Waals surface area contributed by atoms with Gasteiger partial charge in [-0.05, 0) is 37.5 Å². The van der Waals surface area contributed by atoms with Gasteiger partial charge in [0, 0.05) is 18.2 Å². The Morgan fingerprint density at radius 1 is 1.10 bits per heavy atom. The Morgan fingerprint density at radius 2 is 1.70 bits per heavy atom. The molecule has 1 unspecified atom stereocenters. The summed E-state index contributed by atoms with van der Waals surface area (Å²) in [5.74, 6) is -0.217. The summed E-state index contributed by atoms with van der Waals surface area (Å²) in [6.45, 7) is 5.75. The Hall–Kier alpha value is -2.04. The van der Waals surface area contributed by atoms with Crippen LogP contribution in [-0.2, 0) is 9.59 Å². The van der Waals surface area contributed by atoms with Crippen LogP contribution in [0, 0.1) is 0 Å². The highest BCUT2D eigenvalue weighted by atomic mass is 16.2. The molecule has 20 heavy (non-hydrogen) atoms. The van der Waals surface area contributed by atoms with Crippen LogP contribution in [0.2, 0.25) is 0 Å². The SMILES string of the molecule is CC(C)NC(=O)CNC(=O)CC(C)c1ccc(N)cc1. The number of anilines is 1. The smallest absolute Gasteiger partial charge is 0.239 e. The monoisotopic (exact) mass is 277 g/mol. The second-order valence-corrected chi connectivity index (χ2v) is 5.27. The lowest BCUT2D eigenvalue weighted by atomic mass is 9.97. The maximum absolute atomic E-state index is 11.8. The van der Waals surface area contributed by atoms with Crippen LogP contribution in [0.4, 0.5) is 5.69 Å². The lowest BCUT2D eigenvalue weighted by molar-refractivity contribution is -0.126. The quantitative estimate of drug-likeness (QED) is 0.687. The zero-order valence-electron chi connectivity index (χ0n) is 12.3. The maximum Gasteiger partial charge on any atom is 0.239 e. The van der Waals surface area contributed by atoms with Crippen molar-refractivity contribution in [1.82, 2.24) is 10.6 Å². The molecule has 0 heterocycles. The van der Waals surface area contributed by atoms with Gasteiger partial charge in [-0.15, -0.1) is 0 Å². The Labute approximate surface area is 119 Å². The first-order chi connectivity index (χ1) is 9.38. The highest BCUT2D eigenvalue weighted by Gasteiger charge is 2.12. The lowest BCUT2D eigenvalue weighted by Crippen LogP contribution is -2.40. The average Bonchev–Trinajstić information content (AvgIpc) is 2.36. The molecule has 0 bridgehead atoms. The summed E-state index contributed by atoms with van der Waals surface area (Å²) in [7, 11) is 0. The third-order valence-corrected chi connectivity index (χ3v) is 2.89. The molecular formula is C15H23N3O2. The summed E-state index contributed by atoms with van der Waals surface area (Å²) < 4.78 is 0. The minimum atomic E-state index is -0.173. The van der Waals surface area contributed by atoms with Crippen molar-refractivity contribution in [1.29, 1.82) is 0 Å². The van der Waals surface area contributed by atoms with E-state index in [4.69, 9.17) is 5.73 Å². The first kappa shape index (κ1) is 16.0. The maximum atomic E-state index is 11.8. The number of carbonyl (C=O) groups is 2. The summed E-state index contributed by atoms with van der Waals surface area (Å²) in [5.41, 5.74) is 7.39. The number of amides is 2. The van der Waals surface area contributed by atoms with Gasteiger partial charge in [0.1, 0.15) is 0 Å². The van der Waals surface area contributed by atoms with Crippen molar-refractivity contribution >= 4 is 17.5 Å². The van der Waals surface area contributed by atoms with Crippen molar-refractivity contribution in [3.05, 3.63) is 29.8 Å². The van der Waals surface area contributed by atoms with Crippen LogP contribution in [-0.4, -0.2) is 24.4 Å². The summed E-state index contributed by atoms with van der Waals surface area (Å²) >= 11 is 0. The van der Waals surface area contributed by atoms with Gasteiger partial charge in [-0.2, -0.15) is 0 Å². The van der Waals surface area contributed by atoms with E-state index in [1.165, 1.54) is 0 Å². The van der Waals surface area contributed by atoms with Crippen LogP contribution in [0.5, 0.6) is 0 Å². The molecule has 0 fully saturated rings. The third-order valence-electron chi connectivity index (χ3n) is 2.89. The predicted molar refractivity (Wildman–Crippen MR) is 80.2 cm³/mol. The number of benzene rings is 1. The molecular weight excluding hydrogens is 254 g/mol. The Bertz CT molecular complexity index is 455. The van der Waals surface area contributed by atoms with Crippen molar-refractivity contribution in [3.63, 3.8) is 0 Å². The molecule has 1 rings (SSSR count). The Morgan fingerprint density at radius 3 is 2.25 bits per heavy atom. The normalized spacial score (nSPS) is 12.0. The summed E-state index contributed by atoms with van der Waals surface area (Å²) in [6.07, 6.45) is 0.346. The molecule has 2 amide bonds. The molecule has 110 valence electrons. The van der Waals surface area contributed by atoms with Gasteiger partial charge in [0.2, 0.25) is 11.8 Å². The number of nitrogens with one attached hydrogen (secondary N) is 2. The second kappa shape index (κ2) is 7.53. The van der Waals surface area contributed by atoms with Crippen LogP contribution in [0.3, 0.4) is 0 Å². The van der Waals surface area contributed by atoms with Gasteiger partial charge in [0.25, 0.3) is 0 Å². The van der Waals surface area contributed by atoms with E-state index in [1.54, 1.807) is 0 Å². The lowest BCUT2D eigenvalue weighted by Gasteiger charge is -2.13. The minimum absolute atomic E-state index is 0.0193. The number of hydrogen-bond donors (Lipinski definition) is 3. The van der Waals surface area contributed by atoms with Crippen LogP contribution in [0.15, 0.2) is 24.3 Å². The topological polar surface area (TPSA) is 84.2 Å². The zero-order chi connectivity index (χ0) is 15.1. The standard InChI is InChI=1S/C15H23N3O2/c1-10(2)18-15(20)9-17-14(19)8-11(3)12-4-6-13(16)7-5-12/h4-7,10-11H,8-9,16H2,1-3H3,(H,17,19)(H,18,20). The molecule has 0 aliphatic heterocycles. The first-order valence-electron chi connectivity index (χ1n) is 6.80. The van der Waals surface area contributed by atoms with E-state index in [0.717, 1.165) is 5.56 Å². The molecule has 0 aliphatic rings. The summed E-state index contributed by atoms with van der Waals surface area (Å²) in [5, 5.41) is 5.35. The van der Waals surface area contributed by atoms with Gasteiger partial charge in [-0.1, -0.05) is 19.1 Å². The van der Waals surface area contributed by atoms with Gasteiger partial charge in [-0.25, -0.2) is 0 Å². The van der Waals surface area contributed by atoms with Gasteiger partial charge in [-0.3, -0.25) is 9.59 Å². The van der Waals surface area contributed by atoms with E-state index >= 15 is 0 Å². The second-order valence-electron chi connectivity index (χ2n) is 5.27. The molecule has 0 spiro atoms. The molecule has 5 nitrogen and oxygen atoms in total. The number of rotatable bonds is 6. The van der Waals surface area contributed by atoms with Crippen LogP contribution in [0.25, 0.3) is 0 Å². The number of hydrogen-bond acceptors (Lipinski definition) is 3. The predicted octanol–water partition coefficient (Wildman–Crippen LogP) is 1.40. The molecule has 1 aromatic carbocycles. The zero-order valence-corrected chi connectivity index (χ0v) is 12.3. The van der Waals surface area contributed by atoms with E-state index in [2.05, 4.69) is 10.6 Å². The molecule has 0 radical (unpaired) electrons. The van der Waals surface area contributed by atoms with Crippen LogP contribution < -0.4 is 16.4 Å². The highest BCUT2D eigenvalue weighted by molar-refractivity contribution is 5.85. The van der Waals surface area contributed by atoms with E-state index in [-0.39, 0.29) is 30.3 Å². The van der Waals surface area contributed by atoms with Crippen molar-refractivity contribution in [2.45, 2.75) is 39.2 Å². The van der Waals surface area contributed by atoms with E-state index in [9.17, 15) is 9.59 Å². The van der Waals surface area contributed by atoms with E-state index < -0.39 is 0 Å². The molecule has 0 saturated carbocycles. The van der Waals surface area contributed by atoms with Gasteiger partial charge < -0.3 is 16.4 Å². The Balaban J connectivity index is 2.38. The largest absolute Gasteiger partial charge is 0.399 e. The molecule has 0 aromatic heterocycles. The van der Waals surface area contributed by atoms with Crippen molar-refractivity contribution in [2.24, 2.45) is 0 Å². The molecule has 1 aromatic rings. The minimum Gasteiger partial charge on any atom is -0.399 e. The van der Waals surface area contributed by atoms with Crippen molar-refractivity contribution in [3.8, 4) is 0 Å². The number of carbonyl (C=O) groups excluding carboxylic acids is 2. The fraction of sp³-hybridized carbons (Fsp3) is 0.467. The third kappa shape index (κ3) is 5.73. The Kier molecular flexibility index (Phi) is 6.03. The van der Waals surface area contributed by atoms with Crippen molar-refractivity contribution in [2.75, 3.05) is 12.3 Å². The highest BCUT2D eigenvalue weighted by Crippen LogP contribution is 2.19. The molecule has 4 N–H and O–H groups in total. The molecule has 0 saturated heterocycles. The number of nitrogen functional groups attached to an aromatic ring is 1. The average molecular weight is 277 g/mol. The fourth-order valence-corrected chi connectivity index (χ4v) is 1.84. The number of nitrogens with two attached hydrogens (primary N) is 1. The first-order valence-corrected chi connectivity index (χ1v) is 6.80. The van der Waals surface area contributed by atoms with Gasteiger partial charge >= 0.3 is 0 Å². The molecule has 0 aliphatic carbocycles. The van der Waals surface area contributed by atoms with Crippen LogP contribution >= 0.6 is 0 Å². The van der Waals surface area contributed by atoms with Crippen LogP contribution in [0.1, 0.15) is 38.7 Å². The van der Waals surface area contributed by atoms with E-state index in [0.29, 0.717) is 12.1 Å². The van der Waals surface area contributed by atoms with Gasteiger partial charge in [0.05, 0.1) is 6.54 Å². The summed E-state index contributed by atoms with van der Waals surface area (Å²) in [6, 6.07) is 7.55.